The number of fused-ring (bicyclic) bond motifs is 1. The predicted molar refractivity (Wildman–Crippen MR) is 122 cm³/mol. The number of ether oxygens (including phenoxy) is 2. The first kappa shape index (κ1) is 20.1. The average Bonchev–Trinajstić information content (AvgIpc) is 2.74. The number of aromatic nitrogens is 1. The minimum Gasteiger partial charge on any atom is -0.497 e. The predicted octanol–water partition coefficient (Wildman–Crippen LogP) is 6.51. The quantitative estimate of drug-likeness (QED) is 0.256. The molecule has 0 radical (unpaired) electrons. The van der Waals surface area contributed by atoms with Gasteiger partial charge in [-0.05, 0) is 67.9 Å². The standard InChI is InChI=1S/C25H20BrNO3/c1-15-12-16(2)24-21(13-15)22(14-23(27-24)17-4-6-18(26)7-5-17)25(28)30-20-10-8-19(29-3)9-11-20/h4-14H,1-3H3. The van der Waals surface area contributed by atoms with E-state index in [1.807, 2.05) is 44.2 Å². The average molecular weight is 462 g/mol. The van der Waals surface area contributed by atoms with E-state index < -0.39 is 5.97 Å². The van der Waals surface area contributed by atoms with Crippen LogP contribution in [-0.4, -0.2) is 18.1 Å². The Kier molecular flexibility index (Phi) is 5.55. The van der Waals surface area contributed by atoms with Gasteiger partial charge >= 0.3 is 5.97 Å². The molecule has 0 unspecified atom stereocenters. The largest absolute Gasteiger partial charge is 0.497 e. The van der Waals surface area contributed by atoms with Gasteiger partial charge in [0, 0.05) is 15.4 Å². The van der Waals surface area contributed by atoms with E-state index in [2.05, 4.69) is 22.0 Å². The zero-order chi connectivity index (χ0) is 21.3. The molecule has 4 aromatic rings. The van der Waals surface area contributed by atoms with E-state index in [-0.39, 0.29) is 0 Å². The second-order valence-corrected chi connectivity index (χ2v) is 8.02. The van der Waals surface area contributed by atoms with Gasteiger partial charge in [-0.25, -0.2) is 9.78 Å². The van der Waals surface area contributed by atoms with Crippen molar-refractivity contribution in [3.63, 3.8) is 0 Å². The van der Waals surface area contributed by atoms with Crippen molar-refractivity contribution in [2.75, 3.05) is 7.11 Å². The Morgan fingerprint density at radius 1 is 0.900 bits per heavy atom. The van der Waals surface area contributed by atoms with E-state index in [0.29, 0.717) is 17.1 Å². The van der Waals surface area contributed by atoms with Crippen molar-refractivity contribution in [3.05, 3.63) is 87.9 Å². The lowest BCUT2D eigenvalue weighted by molar-refractivity contribution is 0.0736. The number of esters is 1. The Hall–Kier alpha value is -3.18. The van der Waals surface area contributed by atoms with Gasteiger partial charge in [0.15, 0.2) is 0 Å². The zero-order valence-electron chi connectivity index (χ0n) is 16.9. The second-order valence-electron chi connectivity index (χ2n) is 7.10. The molecule has 30 heavy (non-hydrogen) atoms. The van der Waals surface area contributed by atoms with Crippen LogP contribution < -0.4 is 9.47 Å². The number of hydrogen-bond donors (Lipinski definition) is 0. The summed E-state index contributed by atoms with van der Waals surface area (Å²) in [6.07, 6.45) is 0. The maximum absolute atomic E-state index is 13.2. The van der Waals surface area contributed by atoms with E-state index in [9.17, 15) is 4.79 Å². The number of carbonyl (C=O) groups is 1. The van der Waals surface area contributed by atoms with E-state index in [4.69, 9.17) is 14.5 Å². The molecule has 0 saturated carbocycles. The number of aryl methyl sites for hydroxylation is 2. The Morgan fingerprint density at radius 3 is 2.23 bits per heavy atom. The van der Waals surface area contributed by atoms with E-state index in [1.165, 1.54) is 0 Å². The van der Waals surface area contributed by atoms with Crippen molar-refractivity contribution in [2.24, 2.45) is 0 Å². The van der Waals surface area contributed by atoms with E-state index in [0.717, 1.165) is 37.8 Å². The summed E-state index contributed by atoms with van der Waals surface area (Å²) < 4.78 is 11.8. The summed E-state index contributed by atoms with van der Waals surface area (Å²) in [6.45, 7) is 4.01. The van der Waals surface area contributed by atoms with E-state index >= 15 is 0 Å². The third-order valence-electron chi connectivity index (χ3n) is 4.88. The fourth-order valence-corrected chi connectivity index (χ4v) is 3.69. The summed E-state index contributed by atoms with van der Waals surface area (Å²) in [4.78, 5) is 18.0. The molecule has 1 heterocycles. The molecule has 0 saturated heterocycles. The molecule has 150 valence electrons. The highest BCUT2D eigenvalue weighted by Crippen LogP contribution is 2.29. The van der Waals surface area contributed by atoms with Crippen LogP contribution in [0.25, 0.3) is 22.2 Å². The smallest absolute Gasteiger partial charge is 0.344 e. The molecular formula is C25H20BrNO3. The fraction of sp³-hybridized carbons (Fsp3) is 0.120. The van der Waals surface area contributed by atoms with Crippen LogP contribution in [0.5, 0.6) is 11.5 Å². The molecule has 0 aliphatic carbocycles. The molecular weight excluding hydrogens is 442 g/mol. The maximum atomic E-state index is 13.2. The molecule has 0 spiro atoms. The van der Waals surface area contributed by atoms with Gasteiger partial charge < -0.3 is 9.47 Å². The van der Waals surface area contributed by atoms with Crippen molar-refractivity contribution < 1.29 is 14.3 Å². The van der Waals surface area contributed by atoms with Crippen LogP contribution in [0.2, 0.25) is 0 Å². The monoisotopic (exact) mass is 461 g/mol. The summed E-state index contributed by atoms with van der Waals surface area (Å²) >= 11 is 3.46. The number of methoxy groups -OCH3 is 1. The molecule has 4 rings (SSSR count). The van der Waals surface area contributed by atoms with Crippen LogP contribution >= 0.6 is 15.9 Å². The van der Waals surface area contributed by atoms with Crippen LogP contribution in [0.4, 0.5) is 0 Å². The van der Waals surface area contributed by atoms with Gasteiger partial charge in [-0.15, -0.1) is 0 Å². The number of halogens is 1. The topological polar surface area (TPSA) is 48.4 Å². The van der Waals surface area contributed by atoms with Crippen LogP contribution in [-0.2, 0) is 0 Å². The lowest BCUT2D eigenvalue weighted by atomic mass is 10.00. The number of benzene rings is 3. The molecule has 5 heteroatoms. The molecule has 0 N–H and O–H groups in total. The first-order valence-corrected chi connectivity index (χ1v) is 10.3. The summed E-state index contributed by atoms with van der Waals surface area (Å²) in [5.74, 6) is 0.740. The van der Waals surface area contributed by atoms with Gasteiger partial charge in [0.25, 0.3) is 0 Å². The minimum absolute atomic E-state index is 0.420. The van der Waals surface area contributed by atoms with Gasteiger partial charge in [-0.3, -0.25) is 0 Å². The Bertz CT molecular complexity index is 1230. The summed E-state index contributed by atoms with van der Waals surface area (Å²) in [7, 11) is 1.60. The van der Waals surface area contributed by atoms with Gasteiger partial charge in [-0.1, -0.05) is 39.7 Å². The molecule has 0 fully saturated rings. The summed E-state index contributed by atoms with van der Waals surface area (Å²) in [6, 6.07) is 20.7. The minimum atomic E-state index is -0.420. The number of rotatable bonds is 4. The molecule has 4 nitrogen and oxygen atoms in total. The van der Waals surface area contributed by atoms with Crippen LogP contribution in [0.1, 0.15) is 21.5 Å². The molecule has 0 aliphatic heterocycles. The van der Waals surface area contributed by atoms with Crippen molar-refractivity contribution in [2.45, 2.75) is 13.8 Å². The van der Waals surface area contributed by atoms with Gasteiger partial charge in [0.05, 0.1) is 23.9 Å². The van der Waals surface area contributed by atoms with Gasteiger partial charge in [0.1, 0.15) is 11.5 Å². The molecule has 0 aliphatic rings. The maximum Gasteiger partial charge on any atom is 0.344 e. The Labute approximate surface area is 183 Å². The highest BCUT2D eigenvalue weighted by Gasteiger charge is 2.18. The summed E-state index contributed by atoms with van der Waals surface area (Å²) in [5, 5.41) is 0.784. The van der Waals surface area contributed by atoms with E-state index in [1.54, 1.807) is 37.4 Å². The van der Waals surface area contributed by atoms with Crippen molar-refractivity contribution >= 4 is 32.8 Å². The first-order chi connectivity index (χ1) is 14.4. The Balaban J connectivity index is 1.83. The molecule has 0 bridgehead atoms. The van der Waals surface area contributed by atoms with Crippen LogP contribution in [0, 0.1) is 13.8 Å². The van der Waals surface area contributed by atoms with Crippen molar-refractivity contribution in [1.29, 1.82) is 0 Å². The van der Waals surface area contributed by atoms with Crippen molar-refractivity contribution in [3.8, 4) is 22.8 Å². The fourth-order valence-electron chi connectivity index (χ4n) is 3.42. The number of nitrogens with zero attached hydrogens (tertiary/aromatic N) is 1. The van der Waals surface area contributed by atoms with Crippen molar-refractivity contribution in [1.82, 2.24) is 4.98 Å². The van der Waals surface area contributed by atoms with Gasteiger partial charge in [-0.2, -0.15) is 0 Å². The second kappa shape index (κ2) is 8.28. The number of hydrogen-bond acceptors (Lipinski definition) is 4. The lowest BCUT2D eigenvalue weighted by Gasteiger charge is -2.13. The first-order valence-electron chi connectivity index (χ1n) is 9.49. The molecule has 0 atom stereocenters. The normalized spacial score (nSPS) is 10.8. The highest BCUT2D eigenvalue weighted by atomic mass is 79.9. The number of pyridine rings is 1. The third-order valence-corrected chi connectivity index (χ3v) is 5.41. The van der Waals surface area contributed by atoms with Crippen LogP contribution in [0.3, 0.4) is 0 Å². The van der Waals surface area contributed by atoms with Gasteiger partial charge in [0.2, 0.25) is 0 Å². The molecule has 1 aromatic heterocycles. The lowest BCUT2D eigenvalue weighted by Crippen LogP contribution is -2.10. The zero-order valence-corrected chi connectivity index (χ0v) is 18.5. The Morgan fingerprint density at radius 2 is 1.57 bits per heavy atom. The number of carbonyl (C=O) groups excluding carboxylic acids is 1. The molecule has 3 aromatic carbocycles. The molecule has 0 amide bonds. The SMILES string of the molecule is COc1ccc(OC(=O)c2cc(-c3ccc(Br)cc3)nc3c(C)cc(C)cc23)cc1. The van der Waals surface area contributed by atoms with Crippen LogP contribution in [0.15, 0.2) is 71.2 Å². The highest BCUT2D eigenvalue weighted by molar-refractivity contribution is 9.10. The third kappa shape index (κ3) is 4.07. The summed E-state index contributed by atoms with van der Waals surface area (Å²) in [5.41, 5.74) is 5.02.